The van der Waals surface area contributed by atoms with E-state index in [0.29, 0.717) is 12.4 Å². The molecule has 3 N–H and O–H groups in total. The van der Waals surface area contributed by atoms with Crippen LogP contribution in [0.15, 0.2) is 34.4 Å². The van der Waals surface area contributed by atoms with Crippen LogP contribution in [0.4, 0.5) is 0 Å². The van der Waals surface area contributed by atoms with Gasteiger partial charge in [-0.25, -0.2) is 4.99 Å². The summed E-state index contributed by atoms with van der Waals surface area (Å²) >= 11 is 0. The van der Waals surface area contributed by atoms with Crippen LogP contribution in [0.3, 0.4) is 0 Å². The van der Waals surface area contributed by atoms with Crippen LogP contribution < -0.4 is 16.2 Å². The van der Waals surface area contributed by atoms with Gasteiger partial charge in [0.1, 0.15) is 6.34 Å². The third-order valence-electron chi connectivity index (χ3n) is 1.61. The number of aliphatic imine (C=N–C) groups is 2. The fraction of sp³-hybridized carbons (Fsp3) is 0.455. The lowest BCUT2D eigenvalue weighted by atomic mass is 10.2. The summed E-state index contributed by atoms with van der Waals surface area (Å²) in [5.41, 5.74) is 6.36. The Labute approximate surface area is 97.4 Å². The second-order valence-corrected chi connectivity index (χ2v) is 2.71. The van der Waals surface area contributed by atoms with Gasteiger partial charge in [0.05, 0.1) is 6.54 Å². The summed E-state index contributed by atoms with van der Waals surface area (Å²) < 4.78 is 0. The molecule has 0 fully saturated rings. The molecule has 5 heteroatoms. The largest absolute Gasteiger partial charge is 0.318 e. The smallest absolute Gasteiger partial charge is 0.155 e. The number of nitrogens with zero attached hydrogens (tertiary/aromatic N) is 2. The number of nitrogens with one attached hydrogen (secondary N) is 3. The lowest BCUT2D eigenvalue weighted by molar-refractivity contribution is 0.801. The predicted octanol–water partition coefficient (Wildman–Crippen LogP) is 0.836. The molecule has 1 aliphatic rings. The van der Waals surface area contributed by atoms with Crippen molar-refractivity contribution in [3.8, 4) is 0 Å². The number of likely N-dealkylation sites (N-methyl/N-ethyl adjacent to an activating group) is 1. The van der Waals surface area contributed by atoms with Crippen LogP contribution in [0.25, 0.3) is 0 Å². The third kappa shape index (κ3) is 5.98. The molecule has 0 amide bonds. The summed E-state index contributed by atoms with van der Waals surface area (Å²) in [6.45, 7) is 9.39. The minimum absolute atomic E-state index is 0.658. The van der Waals surface area contributed by atoms with Gasteiger partial charge in [-0.3, -0.25) is 10.4 Å². The summed E-state index contributed by atoms with van der Waals surface area (Å²) in [5.74, 6) is 0.658. The third-order valence-corrected chi connectivity index (χ3v) is 1.61. The van der Waals surface area contributed by atoms with Crippen molar-refractivity contribution in [2.75, 3.05) is 20.1 Å². The maximum absolute atomic E-state index is 4.29. The van der Waals surface area contributed by atoms with Crippen molar-refractivity contribution in [2.24, 2.45) is 9.98 Å². The molecule has 0 aromatic rings. The van der Waals surface area contributed by atoms with Gasteiger partial charge in [-0.2, -0.15) is 0 Å². The second-order valence-electron chi connectivity index (χ2n) is 2.71. The highest BCUT2D eigenvalue weighted by Crippen LogP contribution is 1.99. The Morgan fingerprint density at radius 3 is 2.88 bits per heavy atom. The number of rotatable bonds is 3. The van der Waals surface area contributed by atoms with Crippen molar-refractivity contribution in [1.29, 1.82) is 0 Å². The van der Waals surface area contributed by atoms with Gasteiger partial charge in [-0.05, 0) is 13.1 Å². The molecule has 5 nitrogen and oxygen atoms in total. The number of hydrazine groups is 1. The fourth-order valence-corrected chi connectivity index (χ4v) is 0.894. The summed E-state index contributed by atoms with van der Waals surface area (Å²) in [5, 5.41) is 3.02. The maximum Gasteiger partial charge on any atom is 0.155 e. The average molecular weight is 223 g/mol. The molecule has 0 bridgehead atoms. The van der Waals surface area contributed by atoms with Crippen LogP contribution in [0.5, 0.6) is 0 Å². The van der Waals surface area contributed by atoms with Gasteiger partial charge < -0.3 is 10.7 Å². The van der Waals surface area contributed by atoms with Gasteiger partial charge in [0, 0.05) is 18.3 Å². The van der Waals surface area contributed by atoms with E-state index in [-0.39, 0.29) is 0 Å². The maximum atomic E-state index is 4.29. The standard InChI is InChI=1S/C9H15N5.C2H6/c1-8-3-4-13-14-7-12-9(8)11-6-5-10-2;1-2/h3-4,7,10,13H,1,5-6H2,2H3,(H,11,12,14);1-2H3/b4-3-;. The molecule has 1 rings (SSSR count). The molecular formula is C11H21N5. The topological polar surface area (TPSA) is 60.8 Å². The van der Waals surface area contributed by atoms with Crippen LogP contribution in [0.2, 0.25) is 0 Å². The van der Waals surface area contributed by atoms with Gasteiger partial charge in [-0.15, -0.1) is 0 Å². The number of hydrogen-bond acceptors (Lipinski definition) is 4. The zero-order chi connectivity index (χ0) is 12.2. The highest BCUT2D eigenvalue weighted by molar-refractivity contribution is 6.04. The monoisotopic (exact) mass is 223 g/mol. The summed E-state index contributed by atoms with van der Waals surface area (Å²) in [6, 6.07) is 0. The molecule has 0 aromatic carbocycles. The fourth-order valence-electron chi connectivity index (χ4n) is 0.894. The lowest BCUT2D eigenvalue weighted by Crippen LogP contribution is -2.26. The van der Waals surface area contributed by atoms with Crippen molar-refractivity contribution in [3.63, 3.8) is 0 Å². The number of hydrogen-bond donors (Lipinski definition) is 3. The zero-order valence-electron chi connectivity index (χ0n) is 10.2. The quantitative estimate of drug-likeness (QED) is 0.621. The first-order valence-electron chi connectivity index (χ1n) is 5.43. The highest BCUT2D eigenvalue weighted by atomic mass is 15.3. The Balaban J connectivity index is 0.00000106. The lowest BCUT2D eigenvalue weighted by Gasteiger charge is -2.06. The Hall–Kier alpha value is -1.62. The zero-order valence-corrected chi connectivity index (χ0v) is 10.2. The molecule has 0 aliphatic carbocycles. The van der Waals surface area contributed by atoms with Crippen molar-refractivity contribution < 1.29 is 0 Å². The molecule has 0 aromatic heterocycles. The molecule has 1 aliphatic heterocycles. The van der Waals surface area contributed by atoms with E-state index in [9.17, 15) is 0 Å². The molecule has 0 saturated heterocycles. The first kappa shape index (κ1) is 14.4. The van der Waals surface area contributed by atoms with Crippen LogP contribution in [-0.4, -0.2) is 32.3 Å². The Bertz CT molecular complexity index is 278. The van der Waals surface area contributed by atoms with Crippen LogP contribution >= 0.6 is 0 Å². The molecule has 16 heavy (non-hydrogen) atoms. The van der Waals surface area contributed by atoms with Crippen LogP contribution in [0.1, 0.15) is 13.8 Å². The normalized spacial score (nSPS) is 18.7. The van der Waals surface area contributed by atoms with E-state index in [0.717, 1.165) is 12.1 Å². The van der Waals surface area contributed by atoms with Gasteiger partial charge >= 0.3 is 0 Å². The van der Waals surface area contributed by atoms with E-state index in [1.165, 1.54) is 0 Å². The van der Waals surface area contributed by atoms with E-state index >= 15 is 0 Å². The summed E-state index contributed by atoms with van der Waals surface area (Å²) in [6.07, 6.45) is 5.12. The summed E-state index contributed by atoms with van der Waals surface area (Å²) in [7, 11) is 1.89. The highest BCUT2D eigenvalue weighted by Gasteiger charge is 1.99. The van der Waals surface area contributed by atoms with E-state index in [2.05, 4.69) is 32.7 Å². The molecule has 0 radical (unpaired) electrons. The predicted molar refractivity (Wildman–Crippen MR) is 70.6 cm³/mol. The molecule has 0 saturated carbocycles. The molecule has 90 valence electrons. The average Bonchev–Trinajstić information content (AvgIpc) is 2.31. The van der Waals surface area contributed by atoms with Crippen molar-refractivity contribution in [3.05, 3.63) is 24.4 Å². The van der Waals surface area contributed by atoms with Crippen LogP contribution in [0, 0.1) is 0 Å². The van der Waals surface area contributed by atoms with Gasteiger partial charge in [-0.1, -0.05) is 20.4 Å². The van der Waals surface area contributed by atoms with E-state index in [1.807, 2.05) is 27.0 Å². The minimum atomic E-state index is 0.658. The molecule has 0 unspecified atom stereocenters. The second kappa shape index (κ2) is 9.92. The van der Waals surface area contributed by atoms with Gasteiger partial charge in [0.2, 0.25) is 0 Å². The first-order chi connectivity index (χ1) is 7.84. The molecule has 0 atom stereocenters. The van der Waals surface area contributed by atoms with Crippen molar-refractivity contribution in [2.45, 2.75) is 13.8 Å². The summed E-state index contributed by atoms with van der Waals surface area (Å²) in [4.78, 5) is 8.40. The molecule has 0 spiro atoms. The van der Waals surface area contributed by atoms with Crippen molar-refractivity contribution >= 4 is 12.2 Å². The minimum Gasteiger partial charge on any atom is -0.318 e. The van der Waals surface area contributed by atoms with E-state index < -0.39 is 0 Å². The molecule has 1 heterocycles. The van der Waals surface area contributed by atoms with E-state index in [1.54, 1.807) is 12.5 Å². The van der Waals surface area contributed by atoms with Gasteiger partial charge in [0.25, 0.3) is 0 Å². The van der Waals surface area contributed by atoms with Crippen LogP contribution in [-0.2, 0) is 0 Å². The Kier molecular flexibility index (Phi) is 8.91. The number of amidine groups is 1. The SMILES string of the molecule is C=C1/C=C\NNC=NC1=NCCNC.CC. The van der Waals surface area contributed by atoms with E-state index in [4.69, 9.17) is 0 Å². The Morgan fingerprint density at radius 1 is 1.44 bits per heavy atom. The Morgan fingerprint density at radius 2 is 2.19 bits per heavy atom. The van der Waals surface area contributed by atoms with Crippen molar-refractivity contribution in [1.82, 2.24) is 16.2 Å². The van der Waals surface area contributed by atoms with Gasteiger partial charge in [0.15, 0.2) is 5.84 Å². The molecular weight excluding hydrogens is 202 g/mol. The first-order valence-corrected chi connectivity index (χ1v) is 5.43.